The molecule has 0 saturated carbocycles. The number of halogens is 1. The largest absolute Gasteiger partial charge is 0.478 e. The predicted molar refractivity (Wildman–Crippen MR) is 54.0 cm³/mol. The van der Waals surface area contributed by atoms with Gasteiger partial charge < -0.3 is 9.84 Å². The Morgan fingerprint density at radius 3 is 2.36 bits per heavy atom. The van der Waals surface area contributed by atoms with Crippen molar-refractivity contribution in [2.45, 2.75) is 19.5 Å². The van der Waals surface area contributed by atoms with E-state index in [1.54, 1.807) is 14.2 Å². The molecule has 4 heteroatoms. The van der Waals surface area contributed by atoms with Crippen molar-refractivity contribution in [2.75, 3.05) is 14.2 Å². The molecule has 14 heavy (non-hydrogen) atoms. The van der Waals surface area contributed by atoms with Crippen LogP contribution >= 0.6 is 0 Å². The van der Waals surface area contributed by atoms with Crippen molar-refractivity contribution in [3.8, 4) is 0 Å². The quantitative estimate of drug-likeness (QED) is 0.564. The van der Waals surface area contributed by atoms with Crippen LogP contribution in [0.5, 0.6) is 0 Å². The van der Waals surface area contributed by atoms with Crippen LogP contribution in [0.1, 0.15) is 13.3 Å². The maximum absolute atomic E-state index is 12.6. The zero-order valence-electron chi connectivity index (χ0n) is 8.79. The molecule has 0 fully saturated rings. The van der Waals surface area contributed by atoms with Crippen LogP contribution < -0.4 is 0 Å². The van der Waals surface area contributed by atoms with Gasteiger partial charge in [0.15, 0.2) is 0 Å². The van der Waals surface area contributed by atoms with Crippen LogP contribution in [0, 0.1) is 0 Å². The van der Waals surface area contributed by atoms with Crippen molar-refractivity contribution in [1.29, 1.82) is 0 Å². The van der Waals surface area contributed by atoms with Gasteiger partial charge in [-0.2, -0.15) is 0 Å². The molecule has 1 atom stereocenters. The fourth-order valence-corrected chi connectivity index (χ4v) is 0.570. The number of methoxy groups -OCH3 is 1. The highest BCUT2D eigenvalue weighted by atomic mass is 19.1. The minimum Gasteiger partial charge on any atom is -0.478 e. The van der Waals surface area contributed by atoms with Gasteiger partial charge in [0.2, 0.25) is 0 Å². The van der Waals surface area contributed by atoms with Crippen molar-refractivity contribution in [3.05, 3.63) is 24.3 Å². The summed E-state index contributed by atoms with van der Waals surface area (Å²) in [7, 11) is 3.25. The number of carboxylic acids is 1. The molecule has 0 aliphatic carbocycles. The van der Waals surface area contributed by atoms with Crippen LogP contribution in [0.25, 0.3) is 0 Å². The second-order valence-electron chi connectivity index (χ2n) is 2.60. The first-order valence-corrected chi connectivity index (χ1v) is 4.06. The maximum atomic E-state index is 12.6. The summed E-state index contributed by atoms with van der Waals surface area (Å²) >= 11 is 0. The molecule has 3 nitrogen and oxygen atoms in total. The molecule has 0 bridgehead atoms. The summed E-state index contributed by atoms with van der Waals surface area (Å²) < 4.78 is 16.9. The number of allylic oxidation sites excluding steroid dienone is 2. The van der Waals surface area contributed by atoms with Gasteiger partial charge in [-0.3, -0.25) is 0 Å². The first-order chi connectivity index (χ1) is 6.49. The van der Waals surface area contributed by atoms with Gasteiger partial charge in [0.05, 0.1) is 0 Å². The Bertz CT molecular complexity index is 200. The van der Waals surface area contributed by atoms with E-state index in [-0.39, 0.29) is 12.0 Å². The lowest BCUT2D eigenvalue weighted by atomic mass is 10.2. The van der Waals surface area contributed by atoms with Crippen LogP contribution in [0.3, 0.4) is 0 Å². The van der Waals surface area contributed by atoms with E-state index in [2.05, 4.69) is 11.3 Å². The Kier molecular flexibility index (Phi) is 10.9. The monoisotopic (exact) mass is 204 g/mol. The van der Waals surface area contributed by atoms with E-state index >= 15 is 0 Å². The number of carboxylic acid groups (broad SMARTS) is 1. The van der Waals surface area contributed by atoms with Gasteiger partial charge >= 0.3 is 5.97 Å². The Labute approximate surface area is 83.9 Å². The van der Waals surface area contributed by atoms with Gasteiger partial charge in [0, 0.05) is 19.8 Å². The van der Waals surface area contributed by atoms with Crippen LogP contribution in [0.4, 0.5) is 4.39 Å². The third-order valence-corrected chi connectivity index (χ3v) is 1.16. The summed E-state index contributed by atoms with van der Waals surface area (Å²) in [6.45, 7) is 4.70. The summed E-state index contributed by atoms with van der Waals surface area (Å²) in [4.78, 5) is 10.2. The molecule has 0 aliphatic rings. The highest BCUT2D eigenvalue weighted by molar-refractivity contribution is 5.85. The normalized spacial score (nSPS) is 12.4. The second kappa shape index (κ2) is 9.92. The molecule has 0 aromatic rings. The SMILES string of the molecule is C=CCC(F)/C=C(\C)C(=O)O.COC. The number of alkyl halides is 1. The average Bonchev–Trinajstić information content (AvgIpc) is 2.05. The number of carbonyl (C=O) groups is 1. The Morgan fingerprint density at radius 2 is 2.07 bits per heavy atom. The van der Waals surface area contributed by atoms with Crippen molar-refractivity contribution in [1.82, 2.24) is 0 Å². The van der Waals surface area contributed by atoms with Gasteiger partial charge in [-0.1, -0.05) is 6.08 Å². The molecule has 0 amide bonds. The molecule has 1 unspecified atom stereocenters. The third kappa shape index (κ3) is 10.8. The standard InChI is InChI=1S/C8H11FO2.C2H6O/c1-3-4-7(9)5-6(2)8(10)11;1-3-2/h3,5,7H,1,4H2,2H3,(H,10,11);1-2H3/b6-5+;. The van der Waals surface area contributed by atoms with Crippen molar-refractivity contribution in [2.24, 2.45) is 0 Å². The number of rotatable bonds is 4. The molecule has 0 spiro atoms. The molecule has 0 radical (unpaired) electrons. The highest BCUT2D eigenvalue weighted by Crippen LogP contribution is 2.04. The van der Waals surface area contributed by atoms with Gasteiger partial charge in [0.1, 0.15) is 6.17 Å². The lowest BCUT2D eigenvalue weighted by molar-refractivity contribution is -0.132. The number of aliphatic carboxylic acids is 1. The van der Waals surface area contributed by atoms with E-state index in [4.69, 9.17) is 5.11 Å². The van der Waals surface area contributed by atoms with Crippen molar-refractivity contribution >= 4 is 5.97 Å². The molecular formula is C10H17FO3. The Morgan fingerprint density at radius 1 is 1.64 bits per heavy atom. The molecule has 1 N–H and O–H groups in total. The number of hydrogen-bond donors (Lipinski definition) is 1. The summed E-state index contributed by atoms with van der Waals surface area (Å²) in [6.07, 6.45) is 1.41. The topological polar surface area (TPSA) is 46.5 Å². The third-order valence-electron chi connectivity index (χ3n) is 1.16. The van der Waals surface area contributed by atoms with Gasteiger partial charge in [0.25, 0.3) is 0 Å². The fourth-order valence-electron chi connectivity index (χ4n) is 0.570. The molecular weight excluding hydrogens is 187 g/mol. The molecule has 0 aromatic carbocycles. The lowest BCUT2D eigenvalue weighted by Crippen LogP contribution is -2.01. The molecule has 0 saturated heterocycles. The van der Waals surface area contributed by atoms with Crippen LogP contribution in [-0.2, 0) is 9.53 Å². The zero-order valence-corrected chi connectivity index (χ0v) is 8.79. The fraction of sp³-hybridized carbons (Fsp3) is 0.500. The van der Waals surface area contributed by atoms with E-state index in [1.807, 2.05) is 0 Å². The average molecular weight is 204 g/mol. The maximum Gasteiger partial charge on any atom is 0.331 e. The van der Waals surface area contributed by atoms with E-state index in [0.29, 0.717) is 0 Å². The minimum absolute atomic E-state index is 0.0272. The van der Waals surface area contributed by atoms with E-state index in [1.165, 1.54) is 13.0 Å². The van der Waals surface area contributed by atoms with Gasteiger partial charge in [-0.05, 0) is 19.4 Å². The van der Waals surface area contributed by atoms with Crippen molar-refractivity contribution in [3.63, 3.8) is 0 Å². The van der Waals surface area contributed by atoms with E-state index in [0.717, 1.165) is 6.08 Å². The zero-order chi connectivity index (χ0) is 11.6. The minimum atomic E-state index is -1.23. The van der Waals surface area contributed by atoms with E-state index < -0.39 is 12.1 Å². The first kappa shape index (κ1) is 15.3. The predicted octanol–water partition coefficient (Wildman–Crippen LogP) is 2.19. The first-order valence-electron chi connectivity index (χ1n) is 4.06. The van der Waals surface area contributed by atoms with Crippen LogP contribution in [0.15, 0.2) is 24.3 Å². The Balaban J connectivity index is 0. The van der Waals surface area contributed by atoms with Gasteiger partial charge in [-0.15, -0.1) is 6.58 Å². The molecule has 0 heterocycles. The summed E-state index contributed by atoms with van der Waals surface area (Å²) in [5.41, 5.74) is 0.0272. The number of ether oxygens (including phenoxy) is 1. The smallest absolute Gasteiger partial charge is 0.331 e. The summed E-state index contributed by atoms with van der Waals surface area (Å²) in [6, 6.07) is 0. The summed E-state index contributed by atoms with van der Waals surface area (Å²) in [5.74, 6) is -1.09. The van der Waals surface area contributed by atoms with Crippen LogP contribution in [0.2, 0.25) is 0 Å². The number of hydrogen-bond acceptors (Lipinski definition) is 2. The summed E-state index contributed by atoms with van der Waals surface area (Å²) in [5, 5.41) is 8.34. The molecule has 82 valence electrons. The van der Waals surface area contributed by atoms with Crippen LogP contribution in [-0.4, -0.2) is 31.5 Å². The molecule has 0 aromatic heterocycles. The Hall–Kier alpha value is -1.16. The van der Waals surface area contributed by atoms with Gasteiger partial charge in [-0.25, -0.2) is 9.18 Å². The highest BCUT2D eigenvalue weighted by Gasteiger charge is 2.04. The molecule has 0 aliphatic heterocycles. The van der Waals surface area contributed by atoms with E-state index in [9.17, 15) is 9.18 Å². The van der Waals surface area contributed by atoms with Crippen molar-refractivity contribution < 1.29 is 19.0 Å². The second-order valence-corrected chi connectivity index (χ2v) is 2.60. The molecule has 0 rings (SSSR count). The lowest BCUT2D eigenvalue weighted by Gasteiger charge is -1.97.